The van der Waals surface area contributed by atoms with Crippen LogP contribution < -0.4 is 0 Å². The van der Waals surface area contributed by atoms with E-state index in [-0.39, 0.29) is 25.2 Å². The van der Waals surface area contributed by atoms with Crippen molar-refractivity contribution in [2.45, 2.75) is 38.8 Å². The van der Waals surface area contributed by atoms with Gasteiger partial charge in [0.05, 0.1) is 18.3 Å². The molecule has 2 amide bonds. The maximum Gasteiger partial charge on any atom is 0.416 e. The van der Waals surface area contributed by atoms with Gasteiger partial charge in [-0.15, -0.1) is 0 Å². The smallest absolute Gasteiger partial charge is 0.416 e. The highest BCUT2D eigenvalue weighted by Gasteiger charge is 2.23. The maximum absolute atomic E-state index is 12.0. The van der Waals surface area contributed by atoms with E-state index in [2.05, 4.69) is 4.98 Å². The number of nitrogens with zero attached hydrogens (tertiary/aromatic N) is 2. The second kappa shape index (κ2) is 7.73. The molecule has 0 N–H and O–H groups in total. The van der Waals surface area contributed by atoms with E-state index in [9.17, 15) is 9.59 Å². The van der Waals surface area contributed by atoms with Crippen LogP contribution in [-0.4, -0.2) is 41.2 Å². The zero-order valence-electron chi connectivity index (χ0n) is 12.2. The molecule has 0 aromatic carbocycles. The van der Waals surface area contributed by atoms with Crippen LogP contribution in [-0.2, 0) is 20.8 Å². The van der Waals surface area contributed by atoms with E-state index < -0.39 is 6.09 Å². The van der Waals surface area contributed by atoms with E-state index in [1.54, 1.807) is 18.3 Å². The molecular formula is C15H20N2O4. The Morgan fingerprint density at radius 2 is 2.29 bits per heavy atom. The molecule has 0 saturated carbocycles. The van der Waals surface area contributed by atoms with Gasteiger partial charge in [0.1, 0.15) is 6.61 Å². The van der Waals surface area contributed by atoms with Crippen LogP contribution in [0.4, 0.5) is 4.79 Å². The van der Waals surface area contributed by atoms with Gasteiger partial charge in [-0.1, -0.05) is 6.07 Å². The normalized spacial score (nSPS) is 18.0. The lowest BCUT2D eigenvalue weighted by molar-refractivity contribution is -0.128. The molecule has 2 rings (SSSR count). The van der Waals surface area contributed by atoms with Gasteiger partial charge in [-0.25, -0.2) is 9.69 Å². The summed E-state index contributed by atoms with van der Waals surface area (Å²) in [6, 6.07) is 5.34. The van der Waals surface area contributed by atoms with Crippen LogP contribution in [0.15, 0.2) is 24.4 Å². The Labute approximate surface area is 124 Å². The van der Waals surface area contributed by atoms with Gasteiger partial charge in [0.25, 0.3) is 0 Å². The van der Waals surface area contributed by atoms with Crippen molar-refractivity contribution < 1.29 is 19.1 Å². The summed E-state index contributed by atoms with van der Waals surface area (Å²) in [5.74, 6) is -0.366. The van der Waals surface area contributed by atoms with Gasteiger partial charge in [0, 0.05) is 19.7 Å². The Morgan fingerprint density at radius 3 is 2.90 bits per heavy atom. The van der Waals surface area contributed by atoms with Crippen LogP contribution >= 0.6 is 0 Å². The minimum atomic E-state index is -0.651. The number of ether oxygens (including phenoxy) is 2. The Hall–Kier alpha value is -1.95. The maximum atomic E-state index is 12.0. The minimum absolute atomic E-state index is 0.0636. The van der Waals surface area contributed by atoms with E-state index in [0.29, 0.717) is 12.3 Å². The molecule has 114 valence electrons. The summed E-state index contributed by atoms with van der Waals surface area (Å²) in [6.45, 7) is 2.33. The first kappa shape index (κ1) is 15.4. The van der Waals surface area contributed by atoms with Crippen molar-refractivity contribution in [2.24, 2.45) is 0 Å². The fourth-order valence-corrected chi connectivity index (χ4v) is 2.14. The van der Waals surface area contributed by atoms with Crippen LogP contribution in [0, 0.1) is 0 Å². The van der Waals surface area contributed by atoms with E-state index >= 15 is 0 Å². The number of amides is 2. The van der Waals surface area contributed by atoms with Crippen molar-refractivity contribution >= 4 is 12.0 Å². The third kappa shape index (κ3) is 4.82. The van der Waals surface area contributed by atoms with Gasteiger partial charge >= 0.3 is 6.09 Å². The van der Waals surface area contributed by atoms with Crippen LogP contribution in [0.5, 0.6) is 0 Å². The highest BCUT2D eigenvalue weighted by molar-refractivity contribution is 5.90. The van der Waals surface area contributed by atoms with E-state index in [4.69, 9.17) is 9.47 Å². The first-order valence-electron chi connectivity index (χ1n) is 7.13. The second-order valence-electron chi connectivity index (χ2n) is 4.99. The molecule has 1 fully saturated rings. The lowest BCUT2D eigenvalue weighted by Crippen LogP contribution is -2.37. The summed E-state index contributed by atoms with van der Waals surface area (Å²) in [7, 11) is 0. The molecule has 1 aromatic heterocycles. The third-order valence-electron chi connectivity index (χ3n) is 3.31. The van der Waals surface area contributed by atoms with Gasteiger partial charge in [0.15, 0.2) is 0 Å². The van der Waals surface area contributed by atoms with Crippen LogP contribution in [0.3, 0.4) is 0 Å². The van der Waals surface area contributed by atoms with Crippen molar-refractivity contribution in [1.82, 2.24) is 9.88 Å². The molecule has 21 heavy (non-hydrogen) atoms. The molecule has 0 aliphatic carbocycles. The molecule has 2 heterocycles. The number of hydrogen-bond donors (Lipinski definition) is 0. The Morgan fingerprint density at radius 1 is 1.43 bits per heavy atom. The summed E-state index contributed by atoms with van der Waals surface area (Å²) >= 11 is 0. The van der Waals surface area contributed by atoms with Crippen molar-refractivity contribution in [2.75, 3.05) is 13.2 Å². The van der Waals surface area contributed by atoms with E-state index in [0.717, 1.165) is 24.2 Å². The summed E-state index contributed by atoms with van der Waals surface area (Å²) in [5.41, 5.74) is 0.638. The lowest BCUT2D eigenvalue weighted by Gasteiger charge is -2.24. The first-order valence-corrected chi connectivity index (χ1v) is 7.13. The highest BCUT2D eigenvalue weighted by Crippen LogP contribution is 2.13. The van der Waals surface area contributed by atoms with Crippen molar-refractivity contribution in [3.05, 3.63) is 30.1 Å². The summed E-state index contributed by atoms with van der Waals surface area (Å²) < 4.78 is 10.7. The molecule has 1 aliphatic rings. The zero-order chi connectivity index (χ0) is 15.1. The highest BCUT2D eigenvalue weighted by atomic mass is 16.6. The number of rotatable bonds is 4. The molecule has 0 unspecified atom stereocenters. The fourth-order valence-electron chi connectivity index (χ4n) is 2.14. The minimum Gasteiger partial charge on any atom is -0.446 e. The molecule has 6 heteroatoms. The molecule has 0 radical (unpaired) electrons. The summed E-state index contributed by atoms with van der Waals surface area (Å²) in [4.78, 5) is 28.8. The number of aromatic nitrogens is 1. The van der Waals surface area contributed by atoms with E-state index in [1.807, 2.05) is 6.07 Å². The summed E-state index contributed by atoms with van der Waals surface area (Å²) in [5, 5.41) is 0. The van der Waals surface area contributed by atoms with Gasteiger partial charge < -0.3 is 9.47 Å². The Bertz CT molecular complexity index is 472. The molecule has 1 saturated heterocycles. The van der Waals surface area contributed by atoms with Crippen molar-refractivity contribution in [1.29, 1.82) is 0 Å². The fraction of sp³-hybridized carbons (Fsp3) is 0.533. The van der Waals surface area contributed by atoms with Gasteiger partial charge in [0.2, 0.25) is 5.91 Å². The van der Waals surface area contributed by atoms with Crippen molar-refractivity contribution in [3.63, 3.8) is 0 Å². The lowest BCUT2D eigenvalue weighted by atomic mass is 10.1. The Kier molecular flexibility index (Phi) is 5.68. The van der Waals surface area contributed by atoms with Crippen molar-refractivity contribution in [3.8, 4) is 0 Å². The SMILES string of the molecule is CC(=O)N(Cc1ccccn1)C(=O)OC[C@@H]1CCCCO1. The average Bonchev–Trinajstić information content (AvgIpc) is 2.52. The number of hydrogen-bond acceptors (Lipinski definition) is 5. The number of pyridine rings is 1. The summed E-state index contributed by atoms with van der Waals surface area (Å²) in [6.07, 6.45) is 3.91. The first-order chi connectivity index (χ1) is 10.2. The van der Waals surface area contributed by atoms with Crippen LogP contribution in [0.1, 0.15) is 31.9 Å². The second-order valence-corrected chi connectivity index (χ2v) is 4.99. The predicted octanol–water partition coefficient (Wildman–Crippen LogP) is 2.14. The molecule has 0 bridgehead atoms. The average molecular weight is 292 g/mol. The molecule has 1 atom stereocenters. The van der Waals surface area contributed by atoms with Crippen LogP contribution in [0.2, 0.25) is 0 Å². The molecule has 1 aromatic rings. The number of imide groups is 1. The zero-order valence-corrected chi connectivity index (χ0v) is 12.2. The molecule has 0 spiro atoms. The number of carbonyl (C=O) groups is 2. The van der Waals surface area contributed by atoms with Gasteiger partial charge in [-0.3, -0.25) is 9.78 Å². The predicted molar refractivity (Wildman–Crippen MR) is 75.4 cm³/mol. The van der Waals surface area contributed by atoms with E-state index in [1.165, 1.54) is 6.92 Å². The van der Waals surface area contributed by atoms with Gasteiger partial charge in [-0.05, 0) is 31.4 Å². The quantitative estimate of drug-likeness (QED) is 0.850. The third-order valence-corrected chi connectivity index (χ3v) is 3.31. The standard InChI is InChI=1S/C15H20N2O4/c1-12(18)17(10-13-6-2-4-8-16-13)15(19)21-11-14-7-3-5-9-20-14/h2,4,6,8,14H,3,5,7,9-11H2,1H3/t14-/m0/s1. The molecular weight excluding hydrogens is 272 g/mol. The van der Waals surface area contributed by atoms with Gasteiger partial charge in [-0.2, -0.15) is 0 Å². The largest absolute Gasteiger partial charge is 0.446 e. The number of carbonyl (C=O) groups excluding carboxylic acids is 2. The molecule has 1 aliphatic heterocycles. The monoisotopic (exact) mass is 292 g/mol. The topological polar surface area (TPSA) is 68.7 Å². The Balaban J connectivity index is 1.88. The molecule has 6 nitrogen and oxygen atoms in total. The van der Waals surface area contributed by atoms with Crippen LogP contribution in [0.25, 0.3) is 0 Å².